The highest BCUT2D eigenvalue weighted by atomic mass is 32.1. The molecule has 0 saturated carbocycles. The Morgan fingerprint density at radius 1 is 1.15 bits per heavy atom. The van der Waals surface area contributed by atoms with Gasteiger partial charge >= 0.3 is 0 Å². The molecule has 0 unspecified atom stereocenters. The van der Waals surface area contributed by atoms with Crippen LogP contribution in [0.2, 0.25) is 0 Å². The molecule has 1 fully saturated rings. The van der Waals surface area contributed by atoms with Crippen molar-refractivity contribution in [2.75, 3.05) is 18.4 Å². The molecule has 8 heteroatoms. The number of carbonyl (C=O) groups excluding carboxylic acids is 1. The van der Waals surface area contributed by atoms with Crippen LogP contribution in [0, 0.1) is 11.8 Å². The Bertz CT molecular complexity index is 939. The van der Waals surface area contributed by atoms with E-state index in [9.17, 15) is 4.79 Å². The lowest BCUT2D eigenvalue weighted by Crippen LogP contribution is -2.31. The van der Waals surface area contributed by atoms with Gasteiger partial charge in [0, 0.05) is 43.3 Å². The van der Waals surface area contributed by atoms with Crippen LogP contribution >= 0.6 is 11.3 Å². The first-order valence-corrected chi connectivity index (χ1v) is 10.0. The van der Waals surface area contributed by atoms with E-state index in [0.717, 1.165) is 49.1 Å². The topological polar surface area (TPSA) is 75.9 Å². The lowest BCUT2D eigenvalue weighted by atomic mass is 9.89. The Morgan fingerprint density at radius 2 is 2.00 bits per heavy atom. The van der Waals surface area contributed by atoms with Crippen LogP contribution in [0.3, 0.4) is 0 Å². The smallest absolute Gasteiger partial charge is 0.293 e. The van der Waals surface area contributed by atoms with Crippen LogP contribution in [0.4, 0.5) is 5.69 Å². The standard InChI is InChI=1S/C19H20N6OS/c26-19(21-15-4-2-1-3-5-15)18-23-22-16-8-13-9-24(10-14(13)11-25(16)18)12-17-20-6-7-27-17/h1-7,13-14H,8-12H2,(H,21,26)/t13-,14-/m0/s1. The van der Waals surface area contributed by atoms with E-state index in [0.29, 0.717) is 17.7 Å². The first kappa shape index (κ1) is 16.6. The number of likely N-dealkylation sites (tertiary alicyclic amines) is 1. The van der Waals surface area contributed by atoms with E-state index in [1.54, 1.807) is 11.3 Å². The van der Waals surface area contributed by atoms with Crippen molar-refractivity contribution in [3.8, 4) is 0 Å². The van der Waals surface area contributed by atoms with Crippen molar-refractivity contribution in [3.63, 3.8) is 0 Å². The molecule has 0 spiro atoms. The van der Waals surface area contributed by atoms with Crippen LogP contribution in [0.5, 0.6) is 0 Å². The highest BCUT2D eigenvalue weighted by Crippen LogP contribution is 2.33. The minimum atomic E-state index is -0.198. The van der Waals surface area contributed by atoms with Gasteiger partial charge in [-0.3, -0.25) is 9.69 Å². The number of nitrogens with one attached hydrogen (secondary N) is 1. The van der Waals surface area contributed by atoms with Gasteiger partial charge in [-0.1, -0.05) is 18.2 Å². The van der Waals surface area contributed by atoms with Crippen LogP contribution < -0.4 is 5.32 Å². The summed E-state index contributed by atoms with van der Waals surface area (Å²) in [6.45, 7) is 3.80. The molecule has 0 bridgehead atoms. The van der Waals surface area contributed by atoms with Crippen molar-refractivity contribution in [2.45, 2.75) is 19.5 Å². The number of aromatic nitrogens is 4. The van der Waals surface area contributed by atoms with Gasteiger partial charge in [0.05, 0.1) is 6.54 Å². The molecule has 0 aliphatic carbocycles. The molecular weight excluding hydrogens is 360 g/mol. The molecule has 7 nitrogen and oxygen atoms in total. The summed E-state index contributed by atoms with van der Waals surface area (Å²) < 4.78 is 2.01. The number of amides is 1. The minimum Gasteiger partial charge on any atom is -0.319 e. The number of anilines is 1. The summed E-state index contributed by atoms with van der Waals surface area (Å²) in [5.41, 5.74) is 0.768. The first-order valence-electron chi connectivity index (χ1n) is 9.15. The van der Waals surface area contributed by atoms with Gasteiger partial charge in [-0.25, -0.2) is 4.98 Å². The summed E-state index contributed by atoms with van der Waals surface area (Å²) in [4.78, 5) is 19.5. The molecular formula is C19H20N6OS. The number of hydrogen-bond acceptors (Lipinski definition) is 6. The Kier molecular flexibility index (Phi) is 4.21. The van der Waals surface area contributed by atoms with Crippen molar-refractivity contribution in [3.05, 3.63) is 58.6 Å². The van der Waals surface area contributed by atoms with Gasteiger partial charge in [-0.2, -0.15) is 0 Å². The fourth-order valence-corrected chi connectivity index (χ4v) is 4.81. The van der Waals surface area contributed by atoms with E-state index < -0.39 is 0 Å². The zero-order valence-electron chi connectivity index (χ0n) is 14.8. The van der Waals surface area contributed by atoms with Crippen LogP contribution in [-0.4, -0.2) is 43.6 Å². The zero-order valence-corrected chi connectivity index (χ0v) is 15.6. The van der Waals surface area contributed by atoms with Gasteiger partial charge in [-0.05, 0) is 24.0 Å². The Labute approximate surface area is 161 Å². The van der Waals surface area contributed by atoms with Crippen LogP contribution in [0.15, 0.2) is 41.9 Å². The summed E-state index contributed by atoms with van der Waals surface area (Å²) in [7, 11) is 0. The van der Waals surface area contributed by atoms with E-state index in [1.807, 2.05) is 46.5 Å². The highest BCUT2D eigenvalue weighted by Gasteiger charge is 2.39. The normalized spacial score (nSPS) is 21.6. The molecule has 3 aromatic rings. The van der Waals surface area contributed by atoms with E-state index >= 15 is 0 Å². The zero-order chi connectivity index (χ0) is 18.2. The summed E-state index contributed by atoms with van der Waals surface area (Å²) in [6, 6.07) is 9.46. The predicted octanol–water partition coefficient (Wildman–Crippen LogP) is 2.29. The van der Waals surface area contributed by atoms with Crippen molar-refractivity contribution < 1.29 is 4.79 Å². The van der Waals surface area contributed by atoms with Crippen molar-refractivity contribution in [1.29, 1.82) is 0 Å². The molecule has 2 aromatic heterocycles. The molecule has 138 valence electrons. The van der Waals surface area contributed by atoms with Crippen LogP contribution in [-0.2, 0) is 19.5 Å². The van der Waals surface area contributed by atoms with Gasteiger partial charge in [0.15, 0.2) is 0 Å². The van der Waals surface area contributed by atoms with E-state index in [-0.39, 0.29) is 5.91 Å². The second-order valence-corrected chi connectivity index (χ2v) is 8.19. The quantitative estimate of drug-likeness (QED) is 0.752. The Balaban J connectivity index is 1.30. The van der Waals surface area contributed by atoms with Crippen LogP contribution in [0.1, 0.15) is 21.5 Å². The average Bonchev–Trinajstić information content (AvgIpc) is 3.40. The van der Waals surface area contributed by atoms with Crippen molar-refractivity contribution in [1.82, 2.24) is 24.6 Å². The van der Waals surface area contributed by atoms with E-state index in [2.05, 4.69) is 25.4 Å². The van der Waals surface area contributed by atoms with Gasteiger partial charge in [0.1, 0.15) is 10.8 Å². The number of rotatable bonds is 4. The number of para-hydroxylation sites is 1. The largest absolute Gasteiger partial charge is 0.319 e. The molecule has 5 rings (SSSR count). The molecule has 2 aliphatic heterocycles. The summed E-state index contributed by atoms with van der Waals surface area (Å²) in [5.74, 6) is 2.23. The molecule has 2 atom stereocenters. The van der Waals surface area contributed by atoms with E-state index in [1.165, 1.54) is 0 Å². The second-order valence-electron chi connectivity index (χ2n) is 7.21. The fourth-order valence-electron chi connectivity index (χ4n) is 4.15. The van der Waals surface area contributed by atoms with Crippen LogP contribution in [0.25, 0.3) is 0 Å². The maximum atomic E-state index is 12.7. The number of fused-ring (bicyclic) bond motifs is 2. The Hall–Kier alpha value is -2.58. The predicted molar refractivity (Wildman–Crippen MR) is 102 cm³/mol. The third kappa shape index (κ3) is 3.26. The van der Waals surface area contributed by atoms with Crippen molar-refractivity contribution >= 4 is 22.9 Å². The molecule has 0 radical (unpaired) electrons. The van der Waals surface area contributed by atoms with Gasteiger partial charge in [0.2, 0.25) is 5.82 Å². The average molecular weight is 380 g/mol. The summed E-state index contributed by atoms with van der Waals surface area (Å²) in [6.07, 6.45) is 2.74. The molecule has 1 amide bonds. The fraction of sp³-hybridized carbons (Fsp3) is 0.368. The highest BCUT2D eigenvalue weighted by molar-refractivity contribution is 7.09. The van der Waals surface area contributed by atoms with E-state index in [4.69, 9.17) is 0 Å². The lowest BCUT2D eigenvalue weighted by molar-refractivity contribution is 0.100. The summed E-state index contributed by atoms with van der Waals surface area (Å²) >= 11 is 1.71. The van der Waals surface area contributed by atoms with Gasteiger partial charge in [0.25, 0.3) is 5.91 Å². The third-order valence-electron chi connectivity index (χ3n) is 5.42. The number of benzene rings is 1. The number of nitrogens with zero attached hydrogens (tertiary/aromatic N) is 5. The number of carbonyl (C=O) groups is 1. The lowest BCUT2D eigenvalue weighted by Gasteiger charge is -2.25. The molecule has 1 aromatic carbocycles. The molecule has 2 aliphatic rings. The summed E-state index contributed by atoms with van der Waals surface area (Å²) in [5, 5.41) is 14.6. The first-order chi connectivity index (χ1) is 13.3. The third-order valence-corrected chi connectivity index (χ3v) is 6.18. The molecule has 27 heavy (non-hydrogen) atoms. The molecule has 4 heterocycles. The number of thiazole rings is 1. The minimum absolute atomic E-state index is 0.198. The Morgan fingerprint density at radius 3 is 2.81 bits per heavy atom. The maximum Gasteiger partial charge on any atom is 0.293 e. The van der Waals surface area contributed by atoms with Gasteiger partial charge < -0.3 is 9.88 Å². The monoisotopic (exact) mass is 380 g/mol. The second kappa shape index (κ2) is 6.86. The SMILES string of the molecule is O=C(Nc1ccccc1)c1nnc2n1C[C@@H]1CN(Cc3nccs3)C[C@@H]1C2. The number of hydrogen-bond donors (Lipinski definition) is 1. The maximum absolute atomic E-state index is 12.7. The van der Waals surface area contributed by atoms with Gasteiger partial charge in [-0.15, -0.1) is 21.5 Å². The van der Waals surface area contributed by atoms with Crippen molar-refractivity contribution in [2.24, 2.45) is 11.8 Å². The molecule has 1 N–H and O–H groups in total. The molecule has 1 saturated heterocycles.